The molecule has 0 aliphatic heterocycles. The van der Waals surface area contributed by atoms with Crippen LogP contribution in [0, 0.1) is 6.92 Å². The van der Waals surface area contributed by atoms with Crippen molar-refractivity contribution in [2.24, 2.45) is 0 Å². The number of nitrogens with one attached hydrogen (secondary N) is 2. The number of carbonyl (C=O) groups is 1. The van der Waals surface area contributed by atoms with Crippen LogP contribution in [0.2, 0.25) is 0 Å². The van der Waals surface area contributed by atoms with Crippen molar-refractivity contribution >= 4 is 16.0 Å². The average Bonchev–Trinajstić information content (AvgIpc) is 2.90. The highest BCUT2D eigenvalue weighted by Gasteiger charge is 2.17. The number of rotatable bonds is 5. The number of sulfonamides is 1. The normalized spacial score (nSPS) is 11.3. The molecule has 0 radical (unpaired) electrons. The third kappa shape index (κ3) is 3.47. The van der Waals surface area contributed by atoms with Gasteiger partial charge in [0.05, 0.1) is 23.8 Å². The van der Waals surface area contributed by atoms with Crippen molar-refractivity contribution in [1.82, 2.24) is 14.9 Å². The molecule has 1 heterocycles. The monoisotopic (exact) mass is 309 g/mol. The summed E-state index contributed by atoms with van der Waals surface area (Å²) >= 11 is 0. The highest BCUT2D eigenvalue weighted by Crippen LogP contribution is 2.13. The molecule has 0 bridgehead atoms. The Balaban J connectivity index is 2.19. The van der Waals surface area contributed by atoms with Crippen molar-refractivity contribution in [1.29, 1.82) is 0 Å². The standard InChI is InChI=1S/C13H15N3O4S/c1-9-11(7-14-16-9)8-15-21(18,19)12-5-3-4-10(6-12)13(17)20-2/h3-7,15H,8H2,1-2H3,(H,14,16). The lowest BCUT2D eigenvalue weighted by Gasteiger charge is -2.07. The summed E-state index contributed by atoms with van der Waals surface area (Å²) in [6, 6.07) is 5.67. The molecule has 0 saturated heterocycles. The van der Waals surface area contributed by atoms with Gasteiger partial charge in [0.25, 0.3) is 0 Å². The second-order valence-electron chi connectivity index (χ2n) is 4.36. The lowest BCUT2D eigenvalue weighted by Crippen LogP contribution is -2.23. The molecule has 2 N–H and O–H groups in total. The number of ether oxygens (including phenoxy) is 1. The lowest BCUT2D eigenvalue weighted by molar-refractivity contribution is 0.0600. The Labute approximate surface area is 122 Å². The molecule has 0 saturated carbocycles. The van der Waals surface area contributed by atoms with Crippen LogP contribution in [-0.2, 0) is 21.3 Å². The number of H-pyrrole nitrogens is 1. The molecule has 0 fully saturated rings. The van der Waals surface area contributed by atoms with E-state index in [4.69, 9.17) is 0 Å². The third-order valence-electron chi connectivity index (χ3n) is 2.95. The van der Waals surface area contributed by atoms with Gasteiger partial charge in [-0.05, 0) is 25.1 Å². The van der Waals surface area contributed by atoms with Crippen molar-refractivity contribution in [3.63, 3.8) is 0 Å². The van der Waals surface area contributed by atoms with Crippen molar-refractivity contribution in [3.8, 4) is 0 Å². The number of benzene rings is 1. The Morgan fingerprint density at radius 3 is 2.81 bits per heavy atom. The first kappa shape index (κ1) is 15.2. The molecular weight excluding hydrogens is 294 g/mol. The molecule has 0 aliphatic rings. The molecule has 0 unspecified atom stereocenters. The molecule has 1 aromatic heterocycles. The van der Waals surface area contributed by atoms with E-state index in [0.717, 1.165) is 11.3 Å². The molecule has 0 atom stereocenters. The number of esters is 1. The van der Waals surface area contributed by atoms with Crippen LogP contribution in [0.3, 0.4) is 0 Å². The van der Waals surface area contributed by atoms with Crippen LogP contribution in [0.25, 0.3) is 0 Å². The summed E-state index contributed by atoms with van der Waals surface area (Å²) in [5, 5.41) is 6.55. The van der Waals surface area contributed by atoms with E-state index in [-0.39, 0.29) is 17.0 Å². The summed E-state index contributed by atoms with van der Waals surface area (Å²) in [4.78, 5) is 11.4. The Morgan fingerprint density at radius 1 is 1.43 bits per heavy atom. The van der Waals surface area contributed by atoms with E-state index in [2.05, 4.69) is 19.7 Å². The molecule has 0 spiro atoms. The first-order valence-corrected chi connectivity index (χ1v) is 7.59. The second kappa shape index (κ2) is 6.06. The summed E-state index contributed by atoms with van der Waals surface area (Å²) in [6.45, 7) is 1.92. The van der Waals surface area contributed by atoms with E-state index in [1.54, 1.807) is 13.1 Å². The minimum Gasteiger partial charge on any atom is -0.465 e. The predicted octanol–water partition coefficient (Wildman–Crippen LogP) is 0.983. The molecular formula is C13H15N3O4S. The number of nitrogens with zero attached hydrogens (tertiary/aromatic N) is 1. The summed E-state index contributed by atoms with van der Waals surface area (Å²) in [7, 11) is -2.48. The minimum atomic E-state index is -3.72. The van der Waals surface area contributed by atoms with Crippen molar-refractivity contribution in [2.75, 3.05) is 7.11 Å². The number of aromatic amines is 1. The Kier molecular flexibility index (Phi) is 4.39. The molecule has 21 heavy (non-hydrogen) atoms. The van der Waals surface area contributed by atoms with Gasteiger partial charge in [-0.1, -0.05) is 6.07 Å². The number of aryl methyl sites for hydroxylation is 1. The highest BCUT2D eigenvalue weighted by molar-refractivity contribution is 7.89. The zero-order valence-corrected chi connectivity index (χ0v) is 12.4. The lowest BCUT2D eigenvalue weighted by atomic mass is 10.2. The second-order valence-corrected chi connectivity index (χ2v) is 6.13. The van der Waals surface area contributed by atoms with Gasteiger partial charge < -0.3 is 4.74 Å². The van der Waals surface area contributed by atoms with Gasteiger partial charge >= 0.3 is 5.97 Å². The van der Waals surface area contributed by atoms with Gasteiger partial charge in [0.1, 0.15) is 0 Å². The molecule has 2 aromatic rings. The number of hydrogen-bond acceptors (Lipinski definition) is 5. The smallest absolute Gasteiger partial charge is 0.337 e. The largest absolute Gasteiger partial charge is 0.465 e. The zero-order chi connectivity index (χ0) is 15.5. The Morgan fingerprint density at radius 2 is 2.19 bits per heavy atom. The minimum absolute atomic E-state index is 0.00606. The number of aromatic nitrogens is 2. The maximum atomic E-state index is 12.2. The van der Waals surface area contributed by atoms with E-state index < -0.39 is 16.0 Å². The van der Waals surface area contributed by atoms with Gasteiger partial charge in [0.15, 0.2) is 0 Å². The van der Waals surface area contributed by atoms with Gasteiger partial charge in [-0.25, -0.2) is 17.9 Å². The van der Waals surface area contributed by atoms with E-state index in [9.17, 15) is 13.2 Å². The van der Waals surface area contributed by atoms with E-state index in [1.807, 2.05) is 0 Å². The van der Waals surface area contributed by atoms with Gasteiger partial charge in [0, 0.05) is 17.8 Å². The van der Waals surface area contributed by atoms with Gasteiger partial charge in [0.2, 0.25) is 10.0 Å². The Hall–Kier alpha value is -2.19. The van der Waals surface area contributed by atoms with Crippen LogP contribution < -0.4 is 4.72 Å². The molecule has 0 amide bonds. The summed E-state index contributed by atoms with van der Waals surface area (Å²) in [5.74, 6) is -0.585. The number of hydrogen-bond donors (Lipinski definition) is 2. The SMILES string of the molecule is COC(=O)c1cccc(S(=O)(=O)NCc2cn[nH]c2C)c1. The molecule has 8 heteroatoms. The summed E-state index contributed by atoms with van der Waals surface area (Å²) in [6.07, 6.45) is 1.56. The van der Waals surface area contributed by atoms with Crippen LogP contribution >= 0.6 is 0 Å². The van der Waals surface area contributed by atoms with Crippen LogP contribution in [0.15, 0.2) is 35.4 Å². The van der Waals surface area contributed by atoms with E-state index in [1.165, 1.54) is 31.4 Å². The molecule has 1 aromatic carbocycles. The Bertz CT molecular complexity index is 752. The van der Waals surface area contributed by atoms with Gasteiger partial charge in [-0.2, -0.15) is 5.10 Å². The predicted molar refractivity (Wildman–Crippen MR) is 75.1 cm³/mol. The molecule has 2 rings (SSSR count). The fraction of sp³-hybridized carbons (Fsp3) is 0.231. The maximum Gasteiger partial charge on any atom is 0.337 e. The first-order valence-electron chi connectivity index (χ1n) is 6.11. The fourth-order valence-electron chi connectivity index (χ4n) is 1.72. The molecule has 0 aliphatic carbocycles. The maximum absolute atomic E-state index is 12.2. The van der Waals surface area contributed by atoms with Gasteiger partial charge in [-0.3, -0.25) is 5.10 Å². The van der Waals surface area contributed by atoms with Crippen LogP contribution in [0.4, 0.5) is 0 Å². The summed E-state index contributed by atoms with van der Waals surface area (Å²) in [5.41, 5.74) is 1.73. The highest BCUT2D eigenvalue weighted by atomic mass is 32.2. The fourth-order valence-corrected chi connectivity index (χ4v) is 2.77. The summed E-state index contributed by atoms with van der Waals surface area (Å²) < 4.78 is 31.5. The molecule has 7 nitrogen and oxygen atoms in total. The van der Waals surface area contributed by atoms with E-state index in [0.29, 0.717) is 0 Å². The zero-order valence-electron chi connectivity index (χ0n) is 11.6. The number of carbonyl (C=O) groups excluding carboxylic acids is 1. The van der Waals surface area contributed by atoms with E-state index >= 15 is 0 Å². The van der Waals surface area contributed by atoms with Crippen LogP contribution in [0.5, 0.6) is 0 Å². The number of methoxy groups -OCH3 is 1. The average molecular weight is 309 g/mol. The van der Waals surface area contributed by atoms with Crippen molar-refractivity contribution < 1.29 is 17.9 Å². The quantitative estimate of drug-likeness (QED) is 0.802. The van der Waals surface area contributed by atoms with Crippen molar-refractivity contribution in [3.05, 3.63) is 47.3 Å². The van der Waals surface area contributed by atoms with Crippen LogP contribution in [-0.4, -0.2) is 31.7 Å². The third-order valence-corrected chi connectivity index (χ3v) is 4.35. The molecule has 112 valence electrons. The topological polar surface area (TPSA) is 101 Å². The van der Waals surface area contributed by atoms with Gasteiger partial charge in [-0.15, -0.1) is 0 Å². The van der Waals surface area contributed by atoms with Crippen molar-refractivity contribution in [2.45, 2.75) is 18.4 Å². The first-order chi connectivity index (χ1) is 9.94. The van der Waals surface area contributed by atoms with Crippen LogP contribution in [0.1, 0.15) is 21.6 Å².